The maximum Gasteiger partial charge on any atom is 0.191 e. The molecule has 1 saturated carbocycles. The highest BCUT2D eigenvalue weighted by Gasteiger charge is 2.26. The minimum absolute atomic E-state index is 0. The summed E-state index contributed by atoms with van der Waals surface area (Å²) in [6, 6.07) is 1.38. The van der Waals surface area contributed by atoms with Crippen molar-refractivity contribution in [2.75, 3.05) is 52.6 Å². The zero-order chi connectivity index (χ0) is 19.9. The van der Waals surface area contributed by atoms with Crippen molar-refractivity contribution in [1.29, 1.82) is 0 Å². The Balaban J connectivity index is 0.00000420. The van der Waals surface area contributed by atoms with Crippen molar-refractivity contribution in [1.82, 2.24) is 15.5 Å². The molecule has 2 N–H and O–H groups in total. The number of halogens is 1. The summed E-state index contributed by atoms with van der Waals surface area (Å²) >= 11 is 0. The standard InChI is InChI=1S/C22H44N4O2.HI/c1-3-5-16-27-18-19-28-17-13-24-22(23-4-2)25-20-11-14-26(15-12-20)21-9-7-6-8-10-21;/h20-21H,3-19H2,1-2H3,(H2,23,24,25);1H. The van der Waals surface area contributed by atoms with Gasteiger partial charge in [0, 0.05) is 38.3 Å². The summed E-state index contributed by atoms with van der Waals surface area (Å²) in [6.07, 6.45) is 11.8. The summed E-state index contributed by atoms with van der Waals surface area (Å²) in [5, 5.41) is 7.01. The van der Waals surface area contributed by atoms with Gasteiger partial charge in [0.25, 0.3) is 0 Å². The van der Waals surface area contributed by atoms with Gasteiger partial charge in [-0.3, -0.25) is 4.99 Å². The van der Waals surface area contributed by atoms with Crippen LogP contribution in [0.5, 0.6) is 0 Å². The third-order valence-corrected chi connectivity index (χ3v) is 5.83. The number of rotatable bonds is 12. The molecule has 1 aliphatic carbocycles. The van der Waals surface area contributed by atoms with Crippen LogP contribution in [0.25, 0.3) is 0 Å². The average Bonchev–Trinajstić information content (AvgIpc) is 2.74. The molecule has 172 valence electrons. The van der Waals surface area contributed by atoms with E-state index in [-0.39, 0.29) is 24.0 Å². The van der Waals surface area contributed by atoms with Gasteiger partial charge in [0.15, 0.2) is 5.96 Å². The number of hydrogen-bond acceptors (Lipinski definition) is 4. The van der Waals surface area contributed by atoms with Gasteiger partial charge in [-0.15, -0.1) is 24.0 Å². The van der Waals surface area contributed by atoms with Crippen LogP contribution in [0, 0.1) is 0 Å². The quantitative estimate of drug-likeness (QED) is 0.176. The van der Waals surface area contributed by atoms with Crippen molar-refractivity contribution in [3.8, 4) is 0 Å². The molecule has 0 amide bonds. The Kier molecular flexibility index (Phi) is 16.3. The van der Waals surface area contributed by atoms with Crippen LogP contribution in [-0.2, 0) is 9.47 Å². The Morgan fingerprint density at radius 3 is 2.28 bits per heavy atom. The summed E-state index contributed by atoms with van der Waals surface area (Å²) in [5.41, 5.74) is 0. The SMILES string of the molecule is CCCCOCCOCCN=C(NCC)NC1CCN(C2CCCCC2)CC1.I. The van der Waals surface area contributed by atoms with Gasteiger partial charge >= 0.3 is 0 Å². The number of ether oxygens (including phenoxy) is 2. The summed E-state index contributed by atoms with van der Waals surface area (Å²) in [6.45, 7) is 11.1. The molecule has 0 bridgehead atoms. The summed E-state index contributed by atoms with van der Waals surface area (Å²) < 4.78 is 11.1. The zero-order valence-electron chi connectivity index (χ0n) is 18.8. The second kappa shape index (κ2) is 17.5. The fourth-order valence-electron chi connectivity index (χ4n) is 4.16. The Morgan fingerprint density at radius 2 is 1.62 bits per heavy atom. The summed E-state index contributed by atoms with van der Waals surface area (Å²) in [5.74, 6) is 0.932. The number of nitrogens with one attached hydrogen (secondary N) is 2. The molecule has 2 aliphatic rings. The molecule has 1 saturated heterocycles. The molecule has 0 radical (unpaired) electrons. The molecule has 0 aromatic rings. The van der Waals surface area contributed by atoms with Crippen molar-refractivity contribution in [2.24, 2.45) is 4.99 Å². The smallest absolute Gasteiger partial charge is 0.191 e. The number of piperidine rings is 1. The first kappa shape index (κ1) is 26.9. The van der Waals surface area contributed by atoms with Gasteiger partial charge in [0.05, 0.1) is 26.4 Å². The third kappa shape index (κ3) is 11.7. The van der Waals surface area contributed by atoms with E-state index in [4.69, 9.17) is 9.47 Å². The minimum atomic E-state index is 0. The van der Waals surface area contributed by atoms with Gasteiger partial charge < -0.3 is 25.0 Å². The van der Waals surface area contributed by atoms with E-state index < -0.39 is 0 Å². The molecular formula is C22H45IN4O2. The summed E-state index contributed by atoms with van der Waals surface area (Å²) in [7, 11) is 0. The third-order valence-electron chi connectivity index (χ3n) is 5.83. The average molecular weight is 525 g/mol. The molecule has 1 heterocycles. The van der Waals surface area contributed by atoms with Crippen molar-refractivity contribution in [2.45, 2.75) is 83.7 Å². The minimum Gasteiger partial charge on any atom is -0.379 e. The van der Waals surface area contributed by atoms with E-state index in [0.717, 1.165) is 31.6 Å². The van der Waals surface area contributed by atoms with Gasteiger partial charge in [-0.25, -0.2) is 0 Å². The number of likely N-dealkylation sites (tertiary alicyclic amines) is 1. The molecular weight excluding hydrogens is 479 g/mol. The highest BCUT2D eigenvalue weighted by atomic mass is 127. The van der Waals surface area contributed by atoms with E-state index in [1.54, 1.807) is 0 Å². The van der Waals surface area contributed by atoms with Crippen LogP contribution in [0.15, 0.2) is 4.99 Å². The van der Waals surface area contributed by atoms with Gasteiger partial charge in [-0.2, -0.15) is 0 Å². The topological polar surface area (TPSA) is 58.1 Å². The van der Waals surface area contributed by atoms with E-state index in [2.05, 4.69) is 34.4 Å². The van der Waals surface area contributed by atoms with Crippen LogP contribution < -0.4 is 10.6 Å². The van der Waals surface area contributed by atoms with E-state index in [1.165, 1.54) is 64.5 Å². The lowest BCUT2D eigenvalue weighted by atomic mass is 9.92. The van der Waals surface area contributed by atoms with E-state index in [1.807, 2.05) is 0 Å². The van der Waals surface area contributed by atoms with Crippen LogP contribution in [0.3, 0.4) is 0 Å². The number of unbranched alkanes of at least 4 members (excludes halogenated alkanes) is 1. The van der Waals surface area contributed by atoms with Crippen LogP contribution >= 0.6 is 24.0 Å². The molecule has 0 atom stereocenters. The van der Waals surface area contributed by atoms with Gasteiger partial charge in [0.2, 0.25) is 0 Å². The highest BCUT2D eigenvalue weighted by molar-refractivity contribution is 14.0. The Morgan fingerprint density at radius 1 is 0.931 bits per heavy atom. The predicted molar refractivity (Wildman–Crippen MR) is 133 cm³/mol. The monoisotopic (exact) mass is 524 g/mol. The second-order valence-corrected chi connectivity index (χ2v) is 8.09. The molecule has 29 heavy (non-hydrogen) atoms. The summed E-state index contributed by atoms with van der Waals surface area (Å²) in [4.78, 5) is 7.41. The molecule has 0 unspecified atom stereocenters. The van der Waals surface area contributed by atoms with Crippen LogP contribution in [-0.4, -0.2) is 75.5 Å². The largest absolute Gasteiger partial charge is 0.379 e. The predicted octanol–water partition coefficient (Wildman–Crippen LogP) is 3.79. The fourth-order valence-corrected chi connectivity index (χ4v) is 4.16. The van der Waals surface area contributed by atoms with Gasteiger partial charge in [0.1, 0.15) is 0 Å². The van der Waals surface area contributed by atoms with Crippen LogP contribution in [0.4, 0.5) is 0 Å². The first-order valence-electron chi connectivity index (χ1n) is 11.8. The molecule has 0 aromatic heterocycles. The number of nitrogens with zero attached hydrogens (tertiary/aromatic N) is 2. The van der Waals surface area contributed by atoms with Crippen molar-refractivity contribution >= 4 is 29.9 Å². The molecule has 2 fully saturated rings. The molecule has 6 nitrogen and oxygen atoms in total. The normalized spacial score (nSPS) is 19.7. The maximum absolute atomic E-state index is 5.62. The van der Waals surface area contributed by atoms with Gasteiger partial charge in [-0.05, 0) is 39.0 Å². The molecule has 1 aliphatic heterocycles. The fraction of sp³-hybridized carbons (Fsp3) is 0.955. The lowest BCUT2D eigenvalue weighted by Crippen LogP contribution is -2.51. The molecule has 7 heteroatoms. The molecule has 0 aromatic carbocycles. The maximum atomic E-state index is 5.62. The van der Waals surface area contributed by atoms with E-state index >= 15 is 0 Å². The number of aliphatic imine (C=N–C) groups is 1. The Hall–Kier alpha value is -0.120. The molecule has 0 spiro atoms. The first-order chi connectivity index (χ1) is 13.8. The zero-order valence-corrected chi connectivity index (χ0v) is 21.1. The van der Waals surface area contributed by atoms with Crippen LogP contribution in [0.1, 0.15) is 71.6 Å². The second-order valence-electron chi connectivity index (χ2n) is 8.09. The lowest BCUT2D eigenvalue weighted by molar-refractivity contribution is 0.0497. The van der Waals surface area contributed by atoms with E-state index in [0.29, 0.717) is 32.4 Å². The lowest BCUT2D eigenvalue weighted by Gasteiger charge is -2.39. The van der Waals surface area contributed by atoms with Crippen molar-refractivity contribution < 1.29 is 9.47 Å². The number of hydrogen-bond donors (Lipinski definition) is 2. The van der Waals surface area contributed by atoms with Crippen LogP contribution in [0.2, 0.25) is 0 Å². The number of guanidine groups is 1. The Labute approximate surface area is 196 Å². The van der Waals surface area contributed by atoms with E-state index in [9.17, 15) is 0 Å². The van der Waals surface area contributed by atoms with Crippen molar-refractivity contribution in [3.63, 3.8) is 0 Å². The Bertz CT molecular complexity index is 412. The van der Waals surface area contributed by atoms with Crippen molar-refractivity contribution in [3.05, 3.63) is 0 Å². The first-order valence-corrected chi connectivity index (χ1v) is 11.8. The molecule has 2 rings (SSSR count). The van der Waals surface area contributed by atoms with Gasteiger partial charge in [-0.1, -0.05) is 32.6 Å². The highest BCUT2D eigenvalue weighted by Crippen LogP contribution is 2.25.